The molecule has 0 aliphatic rings. The van der Waals surface area contributed by atoms with E-state index in [4.69, 9.17) is 0 Å². The second-order valence-electron chi connectivity index (χ2n) is 11.6. The van der Waals surface area contributed by atoms with E-state index >= 15 is 0 Å². The van der Waals surface area contributed by atoms with E-state index in [0.717, 1.165) is 0 Å². The summed E-state index contributed by atoms with van der Waals surface area (Å²) >= 11 is 0. The minimum atomic E-state index is -1.25. The van der Waals surface area contributed by atoms with E-state index in [1.165, 1.54) is 131 Å². The summed E-state index contributed by atoms with van der Waals surface area (Å²) < 4.78 is 0. The lowest BCUT2D eigenvalue weighted by Crippen LogP contribution is -3.00. The molecule has 3 aromatic rings. The van der Waals surface area contributed by atoms with Crippen molar-refractivity contribution in [2.75, 3.05) is 6.16 Å². The van der Waals surface area contributed by atoms with E-state index in [-0.39, 0.29) is 24.0 Å². The van der Waals surface area contributed by atoms with Gasteiger partial charge in [-0.05, 0) is 29.5 Å². The van der Waals surface area contributed by atoms with Gasteiger partial charge in [0.05, 0.1) is 24.6 Å². The van der Waals surface area contributed by atoms with Gasteiger partial charge in [0.25, 0.3) is 0 Å². The van der Waals surface area contributed by atoms with Gasteiger partial charge in [0.1, 0.15) is 0 Å². The Morgan fingerprint density at radius 1 is 0.385 bits per heavy atom. The summed E-state index contributed by atoms with van der Waals surface area (Å²) in [6.07, 6.45) is 25.2. The molecular weight excluding hydrogens is 602 g/mol. The maximum absolute atomic E-state index is 2.36. The quantitative estimate of drug-likeness (QED) is 0.0610. The van der Waals surface area contributed by atoms with Gasteiger partial charge in [0, 0.05) is 7.26 Å². The highest BCUT2D eigenvalue weighted by Gasteiger charge is 2.37. The first-order valence-electron chi connectivity index (χ1n) is 15.8. The van der Waals surface area contributed by atoms with Gasteiger partial charge in [-0.3, -0.25) is 0 Å². The van der Waals surface area contributed by atoms with Gasteiger partial charge in [-0.25, -0.2) is 0 Å². The van der Waals surface area contributed by atoms with Gasteiger partial charge < -0.3 is 24.0 Å². The van der Waals surface area contributed by atoms with Crippen LogP contribution in [-0.4, -0.2) is 6.16 Å². The van der Waals surface area contributed by atoms with Crippen LogP contribution < -0.4 is 24.0 Å². The van der Waals surface area contributed by atoms with Crippen molar-refractivity contribution in [3.05, 3.63) is 108 Å². The predicted molar refractivity (Wildman–Crippen MR) is 173 cm³/mol. The molecule has 0 saturated carbocycles. The largest absolute Gasteiger partial charge is 1.00 e. The zero-order chi connectivity index (χ0) is 26.6. The van der Waals surface area contributed by atoms with Crippen LogP contribution >= 0.6 is 7.26 Å². The summed E-state index contributed by atoms with van der Waals surface area (Å²) in [5, 5.41) is 0. The van der Waals surface area contributed by atoms with Crippen molar-refractivity contribution in [3.8, 4) is 0 Å². The highest BCUT2D eigenvalue weighted by Crippen LogP contribution is 2.67. The molecule has 3 rings (SSSR count). The Bertz CT molecular complexity index is 840. The van der Waals surface area contributed by atoms with Crippen LogP contribution in [0.25, 0.3) is 0 Å². The van der Waals surface area contributed by atoms with Crippen LogP contribution in [0.2, 0.25) is 0 Å². The number of unbranched alkanes of at least 4 members (excludes halogenated alkanes) is 13. The van der Waals surface area contributed by atoms with E-state index in [1.807, 2.05) is 0 Å². The monoisotopic (exact) mass is 656 g/mol. The SMILES string of the molecule is CCCCCCCCCCCCCCCC[P+](Cc1ccccc1)(Cc1ccccc1)Cc1ccccc1.[I-]. The first-order valence-corrected chi connectivity index (χ1v) is 18.3. The molecule has 0 radical (unpaired) electrons. The lowest BCUT2D eigenvalue weighted by Gasteiger charge is -2.29. The molecule has 0 unspecified atom stereocenters. The highest BCUT2D eigenvalue weighted by molar-refractivity contribution is 7.73. The molecule has 0 nitrogen and oxygen atoms in total. The van der Waals surface area contributed by atoms with Gasteiger partial charge >= 0.3 is 0 Å². The number of halogens is 1. The van der Waals surface area contributed by atoms with Crippen molar-refractivity contribution in [1.29, 1.82) is 0 Å². The molecule has 2 heteroatoms. The number of hydrogen-bond donors (Lipinski definition) is 0. The van der Waals surface area contributed by atoms with Crippen molar-refractivity contribution in [2.24, 2.45) is 0 Å². The Balaban J connectivity index is 0.00000533. The van der Waals surface area contributed by atoms with E-state index in [0.29, 0.717) is 0 Å². The van der Waals surface area contributed by atoms with Crippen LogP contribution in [0.1, 0.15) is 114 Å². The lowest BCUT2D eigenvalue weighted by molar-refractivity contribution is -0.00000815. The summed E-state index contributed by atoms with van der Waals surface area (Å²) in [4.78, 5) is 0. The summed E-state index contributed by atoms with van der Waals surface area (Å²) in [5.74, 6) is 0. The molecular formula is C37H54IP. The fourth-order valence-corrected chi connectivity index (χ4v) is 10.6. The number of rotatable bonds is 21. The average molecular weight is 657 g/mol. The molecule has 39 heavy (non-hydrogen) atoms. The topological polar surface area (TPSA) is 0 Å². The fourth-order valence-electron chi connectivity index (χ4n) is 5.96. The molecule has 0 amide bonds. The van der Waals surface area contributed by atoms with E-state index < -0.39 is 7.26 Å². The standard InChI is InChI=1S/C37H54P.HI/c1-2-3-4-5-6-7-8-9-10-11-12-13-14-24-31-38(32-35-25-18-15-19-26-35,33-36-27-20-16-21-28-36)34-37-29-22-17-23-30-37;/h15-23,25-30H,2-14,24,31-34H2,1H3;1H/q+1;/p-1. The highest BCUT2D eigenvalue weighted by atomic mass is 127. The van der Waals surface area contributed by atoms with E-state index in [2.05, 4.69) is 97.9 Å². The van der Waals surface area contributed by atoms with Crippen molar-refractivity contribution >= 4 is 7.26 Å². The minimum absolute atomic E-state index is 0. The normalized spacial score (nSPS) is 11.3. The maximum atomic E-state index is 2.36. The Kier molecular flexibility index (Phi) is 18.8. The van der Waals surface area contributed by atoms with Crippen LogP contribution in [0, 0.1) is 0 Å². The van der Waals surface area contributed by atoms with Crippen molar-refractivity contribution in [2.45, 2.75) is 115 Å². The zero-order valence-corrected chi connectivity index (χ0v) is 27.8. The third-order valence-electron chi connectivity index (χ3n) is 8.07. The molecule has 0 N–H and O–H groups in total. The van der Waals surface area contributed by atoms with Gasteiger partial charge in [0.2, 0.25) is 0 Å². The summed E-state index contributed by atoms with van der Waals surface area (Å²) in [7, 11) is -1.25. The summed E-state index contributed by atoms with van der Waals surface area (Å²) in [6, 6.07) is 34.0. The molecule has 0 aromatic heterocycles. The van der Waals surface area contributed by atoms with Gasteiger partial charge in [-0.1, -0.05) is 175 Å². The van der Waals surface area contributed by atoms with Crippen molar-refractivity contribution in [3.63, 3.8) is 0 Å². The second kappa shape index (κ2) is 21.6. The predicted octanol–water partition coefficient (Wildman–Crippen LogP) is 9.09. The van der Waals surface area contributed by atoms with Gasteiger partial charge in [0.15, 0.2) is 0 Å². The molecule has 3 aromatic carbocycles. The molecule has 0 aliphatic carbocycles. The Morgan fingerprint density at radius 3 is 0.974 bits per heavy atom. The third-order valence-corrected chi connectivity index (χ3v) is 12.4. The first kappa shape index (κ1) is 34.0. The molecule has 0 heterocycles. The minimum Gasteiger partial charge on any atom is -1.00 e. The first-order chi connectivity index (χ1) is 18.8. The molecule has 0 saturated heterocycles. The summed E-state index contributed by atoms with van der Waals surface area (Å²) in [6.45, 7) is 2.30. The van der Waals surface area contributed by atoms with E-state index in [9.17, 15) is 0 Å². The van der Waals surface area contributed by atoms with Gasteiger partial charge in [-0.2, -0.15) is 0 Å². The molecule has 0 atom stereocenters. The second-order valence-corrected chi connectivity index (χ2v) is 15.7. The summed E-state index contributed by atoms with van der Waals surface area (Å²) in [5.41, 5.74) is 4.58. The van der Waals surface area contributed by atoms with E-state index in [1.54, 1.807) is 0 Å². The van der Waals surface area contributed by atoms with Crippen molar-refractivity contribution in [1.82, 2.24) is 0 Å². The fraction of sp³-hybridized carbons (Fsp3) is 0.514. The molecule has 0 aliphatic heterocycles. The van der Waals surface area contributed by atoms with Crippen LogP contribution in [0.5, 0.6) is 0 Å². The van der Waals surface area contributed by atoms with Crippen LogP contribution in [-0.2, 0) is 18.5 Å². The molecule has 0 bridgehead atoms. The average Bonchev–Trinajstić information content (AvgIpc) is 2.95. The van der Waals surface area contributed by atoms with Gasteiger partial charge in [-0.15, -0.1) is 0 Å². The van der Waals surface area contributed by atoms with Crippen LogP contribution in [0.4, 0.5) is 0 Å². The number of benzene rings is 3. The zero-order valence-electron chi connectivity index (χ0n) is 24.7. The molecule has 0 spiro atoms. The van der Waals surface area contributed by atoms with Crippen molar-refractivity contribution < 1.29 is 24.0 Å². The maximum Gasteiger partial charge on any atom is 0.0849 e. The Morgan fingerprint density at radius 2 is 0.667 bits per heavy atom. The Labute approximate surface area is 259 Å². The molecule has 0 fully saturated rings. The smallest absolute Gasteiger partial charge is 0.0849 e. The van der Waals surface area contributed by atoms with Crippen LogP contribution in [0.15, 0.2) is 91.0 Å². The Hall–Kier alpha value is -1.18. The lowest BCUT2D eigenvalue weighted by atomic mass is 10.0. The number of hydrogen-bond acceptors (Lipinski definition) is 0. The molecule has 214 valence electrons. The van der Waals surface area contributed by atoms with Crippen LogP contribution in [0.3, 0.4) is 0 Å². The third kappa shape index (κ3) is 14.9.